The van der Waals surface area contributed by atoms with E-state index in [4.69, 9.17) is 4.74 Å². The summed E-state index contributed by atoms with van der Waals surface area (Å²) >= 11 is 0. The first-order valence-corrected chi connectivity index (χ1v) is 5.72. The van der Waals surface area contributed by atoms with E-state index in [0.717, 1.165) is 0 Å². The summed E-state index contributed by atoms with van der Waals surface area (Å²) in [5, 5.41) is 2.51. The first-order valence-electron chi connectivity index (χ1n) is 5.72. The Bertz CT molecular complexity index is 258. The van der Waals surface area contributed by atoms with Crippen LogP contribution in [0.3, 0.4) is 0 Å². The van der Waals surface area contributed by atoms with E-state index in [1.54, 1.807) is 0 Å². The topological polar surface area (TPSA) is 21.3 Å². The van der Waals surface area contributed by atoms with Crippen molar-refractivity contribution in [1.29, 1.82) is 0 Å². The minimum absolute atomic E-state index is 0.00479. The van der Waals surface area contributed by atoms with Gasteiger partial charge in [0, 0.05) is 18.1 Å². The molecule has 2 unspecified atom stereocenters. The molecule has 2 nitrogen and oxygen atoms in total. The lowest BCUT2D eigenvalue weighted by molar-refractivity contribution is -0.145. The monoisotopic (exact) mass is 257 g/mol. The second-order valence-electron chi connectivity index (χ2n) is 5.00. The Morgan fingerprint density at radius 2 is 2.00 bits per heavy atom. The van der Waals surface area contributed by atoms with Crippen molar-refractivity contribution < 1.29 is 22.3 Å². The van der Waals surface area contributed by atoms with E-state index >= 15 is 0 Å². The van der Waals surface area contributed by atoms with Crippen LogP contribution < -0.4 is 5.32 Å². The minimum atomic E-state index is -3.97. The second kappa shape index (κ2) is 5.10. The van der Waals surface area contributed by atoms with E-state index in [9.17, 15) is 17.6 Å². The fourth-order valence-electron chi connectivity index (χ4n) is 2.05. The highest BCUT2D eigenvalue weighted by Crippen LogP contribution is 2.43. The Morgan fingerprint density at radius 1 is 1.41 bits per heavy atom. The molecule has 0 radical (unpaired) electrons. The van der Waals surface area contributed by atoms with E-state index in [0.29, 0.717) is 13.0 Å². The predicted octanol–water partition coefficient (Wildman–Crippen LogP) is 2.68. The molecule has 0 aromatic rings. The van der Waals surface area contributed by atoms with Crippen LogP contribution in [0.1, 0.15) is 27.2 Å². The van der Waals surface area contributed by atoms with Crippen molar-refractivity contribution in [2.24, 2.45) is 5.41 Å². The van der Waals surface area contributed by atoms with Gasteiger partial charge in [0.15, 0.2) is 0 Å². The van der Waals surface area contributed by atoms with Crippen molar-refractivity contribution in [3.63, 3.8) is 0 Å². The number of hydrogen-bond donors (Lipinski definition) is 1. The van der Waals surface area contributed by atoms with Crippen molar-refractivity contribution in [3.05, 3.63) is 0 Å². The highest BCUT2D eigenvalue weighted by Gasteiger charge is 2.50. The van der Waals surface area contributed by atoms with Crippen LogP contribution in [0, 0.1) is 5.41 Å². The van der Waals surface area contributed by atoms with Crippen LogP contribution >= 0.6 is 0 Å². The van der Waals surface area contributed by atoms with Gasteiger partial charge in [0.2, 0.25) is 0 Å². The molecule has 0 amide bonds. The molecule has 1 rings (SSSR count). The van der Waals surface area contributed by atoms with Crippen LogP contribution in [0.2, 0.25) is 0 Å². The number of ether oxygens (including phenoxy) is 1. The summed E-state index contributed by atoms with van der Waals surface area (Å²) in [4.78, 5) is 0. The van der Waals surface area contributed by atoms with Gasteiger partial charge in [-0.15, -0.1) is 0 Å². The molecule has 0 spiro atoms. The lowest BCUT2D eigenvalue weighted by Gasteiger charge is -2.52. The minimum Gasteiger partial charge on any atom is -0.378 e. The third-order valence-electron chi connectivity index (χ3n) is 3.45. The van der Waals surface area contributed by atoms with Gasteiger partial charge in [-0.2, -0.15) is 8.78 Å². The Balaban J connectivity index is 2.41. The Hall–Kier alpha value is -0.360. The van der Waals surface area contributed by atoms with Gasteiger partial charge in [0.05, 0.1) is 12.6 Å². The maximum atomic E-state index is 12.7. The van der Waals surface area contributed by atoms with E-state index in [2.05, 4.69) is 5.32 Å². The van der Waals surface area contributed by atoms with Gasteiger partial charge in [-0.1, -0.05) is 13.8 Å². The van der Waals surface area contributed by atoms with Crippen LogP contribution in [-0.2, 0) is 4.74 Å². The molecule has 6 heteroatoms. The van der Waals surface area contributed by atoms with Crippen molar-refractivity contribution in [3.8, 4) is 0 Å². The van der Waals surface area contributed by atoms with Crippen LogP contribution in [0.4, 0.5) is 17.6 Å². The molecule has 1 aliphatic rings. The van der Waals surface area contributed by atoms with E-state index in [1.807, 2.05) is 20.8 Å². The lowest BCUT2D eigenvalue weighted by Crippen LogP contribution is -2.62. The summed E-state index contributed by atoms with van der Waals surface area (Å²) in [5.74, 6) is -3.97. The summed E-state index contributed by atoms with van der Waals surface area (Å²) in [7, 11) is 0. The SMILES string of the molecule is CCOC1CC(NCC(F)(F)C(F)F)C1(C)C. The number of nitrogens with one attached hydrogen (secondary N) is 1. The quantitative estimate of drug-likeness (QED) is 0.739. The molecule has 2 atom stereocenters. The fourth-order valence-corrected chi connectivity index (χ4v) is 2.05. The molecule has 0 bridgehead atoms. The molecular formula is C11H19F4NO. The van der Waals surface area contributed by atoms with Crippen LogP contribution in [0.25, 0.3) is 0 Å². The molecule has 0 heterocycles. The molecule has 1 aliphatic carbocycles. The molecule has 0 aromatic carbocycles. The van der Waals surface area contributed by atoms with Crippen LogP contribution in [0.5, 0.6) is 0 Å². The summed E-state index contributed by atoms with van der Waals surface area (Å²) in [6.07, 6.45) is -3.04. The first kappa shape index (κ1) is 14.7. The van der Waals surface area contributed by atoms with E-state index < -0.39 is 18.9 Å². The zero-order valence-corrected chi connectivity index (χ0v) is 10.3. The summed E-state index contributed by atoms with van der Waals surface area (Å²) in [6.45, 7) is 5.21. The average Bonchev–Trinajstić information content (AvgIpc) is 2.22. The smallest absolute Gasteiger partial charge is 0.319 e. The lowest BCUT2D eigenvalue weighted by atomic mass is 9.64. The standard InChI is InChI=1S/C11H19F4NO/c1-4-17-8-5-7(10(8,2)3)16-6-11(14,15)9(12)13/h7-9,16H,4-6H2,1-3H3. The van der Waals surface area contributed by atoms with Crippen molar-refractivity contribution in [2.45, 2.75) is 51.7 Å². The zero-order chi connectivity index (χ0) is 13.3. The van der Waals surface area contributed by atoms with Crippen molar-refractivity contribution in [2.75, 3.05) is 13.2 Å². The highest BCUT2D eigenvalue weighted by atomic mass is 19.3. The molecule has 0 aliphatic heterocycles. The summed E-state index contributed by atoms with van der Waals surface area (Å²) in [5.41, 5.74) is -0.297. The Kier molecular flexibility index (Phi) is 4.41. The van der Waals surface area contributed by atoms with Crippen LogP contribution in [0.15, 0.2) is 0 Å². The van der Waals surface area contributed by atoms with Gasteiger partial charge >= 0.3 is 12.3 Å². The van der Waals surface area contributed by atoms with Gasteiger partial charge in [-0.25, -0.2) is 8.78 Å². The fraction of sp³-hybridized carbons (Fsp3) is 1.00. The average molecular weight is 257 g/mol. The molecule has 102 valence electrons. The van der Waals surface area contributed by atoms with Crippen molar-refractivity contribution >= 4 is 0 Å². The van der Waals surface area contributed by atoms with E-state index in [-0.39, 0.29) is 17.6 Å². The summed E-state index contributed by atoms with van der Waals surface area (Å²) < 4.78 is 54.8. The van der Waals surface area contributed by atoms with Gasteiger partial charge in [-0.05, 0) is 13.3 Å². The maximum Gasteiger partial charge on any atom is 0.319 e. The van der Waals surface area contributed by atoms with Gasteiger partial charge < -0.3 is 10.1 Å². The molecule has 17 heavy (non-hydrogen) atoms. The number of rotatable bonds is 6. The molecule has 0 saturated heterocycles. The van der Waals surface area contributed by atoms with Crippen molar-refractivity contribution in [1.82, 2.24) is 5.32 Å². The molecule has 1 saturated carbocycles. The van der Waals surface area contributed by atoms with Gasteiger partial charge in [-0.3, -0.25) is 0 Å². The molecule has 0 aromatic heterocycles. The Labute approximate surface area is 98.7 Å². The number of alkyl halides is 4. The normalized spacial score (nSPS) is 28.2. The third-order valence-corrected chi connectivity index (χ3v) is 3.45. The zero-order valence-electron chi connectivity index (χ0n) is 10.3. The first-order chi connectivity index (χ1) is 7.71. The highest BCUT2D eigenvalue weighted by molar-refractivity contribution is 5.03. The number of hydrogen-bond acceptors (Lipinski definition) is 2. The summed E-state index contributed by atoms with van der Waals surface area (Å²) in [6, 6.07) is -0.205. The maximum absolute atomic E-state index is 12.7. The molecular weight excluding hydrogens is 238 g/mol. The Morgan fingerprint density at radius 3 is 2.41 bits per heavy atom. The third kappa shape index (κ3) is 3.10. The van der Waals surface area contributed by atoms with E-state index in [1.165, 1.54) is 0 Å². The molecule has 1 fully saturated rings. The largest absolute Gasteiger partial charge is 0.378 e. The second-order valence-corrected chi connectivity index (χ2v) is 5.00. The predicted molar refractivity (Wildman–Crippen MR) is 56.6 cm³/mol. The van der Waals surface area contributed by atoms with Gasteiger partial charge in [0.25, 0.3) is 0 Å². The van der Waals surface area contributed by atoms with Crippen LogP contribution in [-0.4, -0.2) is 37.6 Å². The number of halogens is 4. The van der Waals surface area contributed by atoms with Gasteiger partial charge in [0.1, 0.15) is 0 Å². The molecule has 1 N–H and O–H groups in total.